The van der Waals surface area contributed by atoms with Crippen LogP contribution in [0.25, 0.3) is 0 Å². The van der Waals surface area contributed by atoms with Gasteiger partial charge < -0.3 is 0 Å². The summed E-state index contributed by atoms with van der Waals surface area (Å²) in [5.74, 6) is 0.863. The molecule has 0 aromatic heterocycles. The summed E-state index contributed by atoms with van der Waals surface area (Å²) in [4.78, 5) is 0. The summed E-state index contributed by atoms with van der Waals surface area (Å²) >= 11 is 0. The molecule has 0 rings (SSSR count). The Bertz CT molecular complexity index is 67.1. The van der Waals surface area contributed by atoms with E-state index < -0.39 is 0 Å². The molecular formula is C8H19P. The molecule has 56 valence electrons. The van der Waals surface area contributed by atoms with Gasteiger partial charge in [0.2, 0.25) is 0 Å². The monoisotopic (exact) mass is 146 g/mol. The molecule has 0 saturated carbocycles. The second-order valence-electron chi connectivity index (χ2n) is 3.33. The Labute approximate surface area is 61.6 Å². The lowest BCUT2D eigenvalue weighted by Crippen LogP contribution is -2.22. The number of hydrogen-bond acceptors (Lipinski definition) is 0. The predicted molar refractivity (Wildman–Crippen MR) is 47.9 cm³/mol. The van der Waals surface area contributed by atoms with Crippen molar-refractivity contribution in [3.8, 4) is 0 Å². The molecule has 0 N–H and O–H groups in total. The molecule has 0 spiro atoms. The van der Waals surface area contributed by atoms with Gasteiger partial charge in [0.25, 0.3) is 0 Å². The summed E-state index contributed by atoms with van der Waals surface area (Å²) in [6.45, 7) is 9.10. The molecule has 0 aliphatic carbocycles. The highest BCUT2D eigenvalue weighted by Crippen LogP contribution is 2.31. The molecule has 0 saturated heterocycles. The number of hydrogen-bond donors (Lipinski definition) is 0. The fourth-order valence-corrected chi connectivity index (χ4v) is 1.81. The molecule has 0 fully saturated rings. The molecule has 0 aromatic carbocycles. The summed E-state index contributed by atoms with van der Waals surface area (Å²) < 4.78 is 0. The zero-order valence-electron chi connectivity index (χ0n) is 7.07. The van der Waals surface area contributed by atoms with Crippen LogP contribution in [-0.2, 0) is 0 Å². The van der Waals surface area contributed by atoms with Crippen LogP contribution in [0.3, 0.4) is 0 Å². The molecule has 1 heteroatoms. The van der Waals surface area contributed by atoms with Crippen molar-refractivity contribution in [2.24, 2.45) is 5.92 Å². The van der Waals surface area contributed by atoms with Crippen LogP contribution in [0.5, 0.6) is 0 Å². The predicted octanol–water partition coefficient (Wildman–Crippen LogP) is 3.08. The van der Waals surface area contributed by atoms with E-state index in [-0.39, 0.29) is 0 Å². The van der Waals surface area contributed by atoms with E-state index in [0.29, 0.717) is 5.16 Å². The molecule has 0 aromatic rings. The van der Waals surface area contributed by atoms with E-state index in [1.165, 1.54) is 12.8 Å². The molecule has 0 aliphatic rings. The van der Waals surface area contributed by atoms with Crippen molar-refractivity contribution in [2.75, 3.05) is 0 Å². The topological polar surface area (TPSA) is 0 Å². The first-order valence-electron chi connectivity index (χ1n) is 3.81. The highest BCUT2D eigenvalue weighted by molar-refractivity contribution is 7.18. The van der Waals surface area contributed by atoms with E-state index >= 15 is 0 Å². The summed E-state index contributed by atoms with van der Waals surface area (Å²) in [6.07, 6.45) is 2.60. The van der Waals surface area contributed by atoms with Crippen molar-refractivity contribution in [1.82, 2.24) is 0 Å². The van der Waals surface area contributed by atoms with Gasteiger partial charge >= 0.3 is 0 Å². The second kappa shape index (κ2) is 3.56. The molecule has 0 bridgehead atoms. The Balaban J connectivity index is 3.79. The van der Waals surface area contributed by atoms with Gasteiger partial charge in [0.05, 0.1) is 0 Å². The molecular weight excluding hydrogens is 127 g/mol. The van der Waals surface area contributed by atoms with Crippen molar-refractivity contribution in [3.05, 3.63) is 0 Å². The lowest BCUT2D eigenvalue weighted by Gasteiger charge is -2.28. The van der Waals surface area contributed by atoms with Gasteiger partial charge in [-0.1, -0.05) is 40.5 Å². The minimum absolute atomic E-state index is 0.434. The van der Waals surface area contributed by atoms with Crippen LogP contribution < -0.4 is 0 Å². The van der Waals surface area contributed by atoms with Gasteiger partial charge in [-0.15, -0.1) is 9.24 Å². The van der Waals surface area contributed by atoms with Gasteiger partial charge in [-0.25, -0.2) is 0 Å². The minimum Gasteiger partial charge on any atom is -0.131 e. The van der Waals surface area contributed by atoms with E-state index in [1.54, 1.807) is 0 Å². The highest BCUT2D eigenvalue weighted by Gasteiger charge is 2.20. The lowest BCUT2D eigenvalue weighted by molar-refractivity contribution is 0.397. The van der Waals surface area contributed by atoms with E-state index in [0.717, 1.165) is 5.92 Å². The molecule has 0 aliphatic heterocycles. The first-order valence-corrected chi connectivity index (χ1v) is 4.39. The Morgan fingerprint density at radius 2 is 1.56 bits per heavy atom. The second-order valence-corrected chi connectivity index (χ2v) is 4.82. The molecule has 0 radical (unpaired) electrons. The maximum absolute atomic E-state index is 2.92. The summed E-state index contributed by atoms with van der Waals surface area (Å²) in [7, 11) is 2.92. The summed E-state index contributed by atoms with van der Waals surface area (Å²) in [6, 6.07) is 0. The van der Waals surface area contributed by atoms with Crippen LogP contribution in [0, 0.1) is 5.92 Å². The van der Waals surface area contributed by atoms with Gasteiger partial charge in [-0.3, -0.25) is 0 Å². The largest absolute Gasteiger partial charge is 0.131 e. The van der Waals surface area contributed by atoms with Gasteiger partial charge in [0.15, 0.2) is 0 Å². The normalized spacial score (nSPS) is 12.7. The third-order valence-electron chi connectivity index (χ3n) is 2.04. The van der Waals surface area contributed by atoms with Crippen molar-refractivity contribution in [3.63, 3.8) is 0 Å². The first kappa shape index (κ1) is 9.43. The third kappa shape index (κ3) is 3.20. The summed E-state index contributed by atoms with van der Waals surface area (Å²) in [5.41, 5.74) is 0. The van der Waals surface area contributed by atoms with Crippen LogP contribution >= 0.6 is 9.24 Å². The molecule has 1 unspecified atom stereocenters. The van der Waals surface area contributed by atoms with Crippen LogP contribution in [0.1, 0.15) is 40.5 Å². The van der Waals surface area contributed by atoms with Crippen molar-refractivity contribution < 1.29 is 0 Å². The molecule has 9 heavy (non-hydrogen) atoms. The van der Waals surface area contributed by atoms with Crippen LogP contribution in [0.2, 0.25) is 0 Å². The molecule has 0 nitrogen and oxygen atoms in total. The standard InChI is InChI=1S/C8H19P/c1-5-7(6-2)8(3,4)9/h7H,5-6,9H2,1-4H3. The zero-order valence-corrected chi connectivity index (χ0v) is 8.22. The minimum atomic E-state index is 0.434. The van der Waals surface area contributed by atoms with E-state index in [9.17, 15) is 0 Å². The van der Waals surface area contributed by atoms with E-state index in [2.05, 4.69) is 36.9 Å². The molecule has 1 atom stereocenters. The summed E-state index contributed by atoms with van der Waals surface area (Å²) in [5, 5.41) is 0.434. The van der Waals surface area contributed by atoms with Crippen molar-refractivity contribution in [2.45, 2.75) is 45.7 Å². The number of rotatable bonds is 3. The fraction of sp³-hybridized carbons (Fsp3) is 1.00. The Morgan fingerprint density at radius 3 is 1.56 bits per heavy atom. The molecule has 0 heterocycles. The smallest absolute Gasteiger partial charge is 0.0179 e. The van der Waals surface area contributed by atoms with Gasteiger partial charge in [0, 0.05) is 0 Å². The van der Waals surface area contributed by atoms with Crippen molar-refractivity contribution >= 4 is 9.24 Å². The lowest BCUT2D eigenvalue weighted by atomic mass is 9.90. The Kier molecular flexibility index (Phi) is 3.73. The van der Waals surface area contributed by atoms with Crippen molar-refractivity contribution in [1.29, 1.82) is 0 Å². The van der Waals surface area contributed by atoms with Gasteiger partial charge in [0.1, 0.15) is 0 Å². The van der Waals surface area contributed by atoms with Crippen LogP contribution in [-0.4, -0.2) is 5.16 Å². The highest BCUT2D eigenvalue weighted by atomic mass is 31.0. The van der Waals surface area contributed by atoms with Gasteiger partial charge in [-0.05, 0) is 11.1 Å². The molecule has 0 amide bonds. The first-order chi connectivity index (χ1) is 4.02. The van der Waals surface area contributed by atoms with Gasteiger partial charge in [-0.2, -0.15) is 0 Å². The SMILES string of the molecule is CCC(CC)C(C)(C)P. The van der Waals surface area contributed by atoms with E-state index in [4.69, 9.17) is 0 Å². The average molecular weight is 146 g/mol. The van der Waals surface area contributed by atoms with E-state index in [1.807, 2.05) is 0 Å². The maximum Gasteiger partial charge on any atom is -0.0179 e. The van der Waals surface area contributed by atoms with Crippen LogP contribution in [0.15, 0.2) is 0 Å². The fourth-order valence-electron chi connectivity index (χ4n) is 1.34. The average Bonchev–Trinajstić information content (AvgIpc) is 1.65. The maximum atomic E-state index is 2.92. The zero-order chi connectivity index (χ0) is 7.49. The Hall–Kier alpha value is 0.430. The quantitative estimate of drug-likeness (QED) is 0.537. The third-order valence-corrected chi connectivity index (χ3v) is 2.51. The Morgan fingerprint density at radius 1 is 1.22 bits per heavy atom. The van der Waals surface area contributed by atoms with Crippen LogP contribution in [0.4, 0.5) is 0 Å².